The van der Waals surface area contributed by atoms with Crippen LogP contribution in [0.2, 0.25) is 0 Å². The fourth-order valence-electron chi connectivity index (χ4n) is 0.779. The Morgan fingerprint density at radius 2 is 2.08 bits per heavy atom. The Kier molecular flexibility index (Phi) is 2.48. The van der Waals surface area contributed by atoms with Crippen LogP contribution in [0.4, 0.5) is 0 Å². The molecule has 0 saturated heterocycles. The number of benzene rings is 1. The average Bonchev–Trinajstić information content (AvgIpc) is 2.03. The van der Waals surface area contributed by atoms with E-state index < -0.39 is 5.97 Å². The third-order valence-corrected chi connectivity index (χ3v) is 1.32. The molecular formula is C9H7O3-. The summed E-state index contributed by atoms with van der Waals surface area (Å²) in [5.74, 6) is -1.23. The molecule has 0 aliphatic rings. The van der Waals surface area contributed by atoms with Gasteiger partial charge in [0.05, 0.1) is 0 Å². The van der Waals surface area contributed by atoms with Crippen LogP contribution in [-0.2, 0) is 4.79 Å². The van der Waals surface area contributed by atoms with Gasteiger partial charge in [-0.25, -0.2) is 4.79 Å². The van der Waals surface area contributed by atoms with E-state index in [0.29, 0.717) is 5.56 Å². The monoisotopic (exact) mass is 163 g/mol. The van der Waals surface area contributed by atoms with Crippen molar-refractivity contribution in [1.29, 1.82) is 0 Å². The molecule has 0 aromatic heterocycles. The van der Waals surface area contributed by atoms with Gasteiger partial charge in [0.2, 0.25) is 0 Å². The molecule has 0 radical (unpaired) electrons. The molecule has 3 nitrogen and oxygen atoms in total. The minimum Gasteiger partial charge on any atom is -0.872 e. The van der Waals surface area contributed by atoms with Gasteiger partial charge in [0.25, 0.3) is 0 Å². The second-order valence-electron chi connectivity index (χ2n) is 2.21. The van der Waals surface area contributed by atoms with Crippen molar-refractivity contribution in [2.75, 3.05) is 0 Å². The SMILES string of the molecule is O=C(O)C=Cc1ccccc1[O-]. The van der Waals surface area contributed by atoms with Crippen molar-refractivity contribution < 1.29 is 15.0 Å². The smallest absolute Gasteiger partial charge is 0.328 e. The maximum absolute atomic E-state index is 11.0. The lowest BCUT2D eigenvalue weighted by atomic mass is 10.2. The first-order valence-corrected chi connectivity index (χ1v) is 3.37. The van der Waals surface area contributed by atoms with Crippen LogP contribution in [-0.4, -0.2) is 11.1 Å². The Morgan fingerprint density at radius 1 is 1.42 bits per heavy atom. The second-order valence-corrected chi connectivity index (χ2v) is 2.21. The lowest BCUT2D eigenvalue weighted by Gasteiger charge is -2.07. The molecule has 1 aromatic rings. The second kappa shape index (κ2) is 3.57. The molecule has 0 fully saturated rings. The molecule has 62 valence electrons. The number of carboxylic acid groups (broad SMARTS) is 1. The van der Waals surface area contributed by atoms with Crippen LogP contribution >= 0.6 is 0 Å². The summed E-state index contributed by atoms with van der Waals surface area (Å²) in [4.78, 5) is 10.1. The van der Waals surface area contributed by atoms with E-state index in [1.807, 2.05) is 0 Å². The zero-order valence-corrected chi connectivity index (χ0v) is 6.23. The van der Waals surface area contributed by atoms with Crippen LogP contribution in [0.1, 0.15) is 5.56 Å². The van der Waals surface area contributed by atoms with Gasteiger partial charge in [-0.2, -0.15) is 0 Å². The van der Waals surface area contributed by atoms with Gasteiger partial charge in [0, 0.05) is 6.08 Å². The summed E-state index contributed by atoms with van der Waals surface area (Å²) in [7, 11) is 0. The largest absolute Gasteiger partial charge is 0.872 e. The first-order chi connectivity index (χ1) is 5.70. The summed E-state index contributed by atoms with van der Waals surface area (Å²) in [5, 5.41) is 19.3. The number of hydrogen-bond acceptors (Lipinski definition) is 2. The third kappa shape index (κ3) is 2.12. The molecule has 1 aromatic carbocycles. The Hall–Kier alpha value is -1.77. The summed E-state index contributed by atoms with van der Waals surface area (Å²) >= 11 is 0. The predicted octanol–water partition coefficient (Wildman–Crippen LogP) is 0.858. The van der Waals surface area contributed by atoms with Crippen LogP contribution in [0, 0.1) is 0 Å². The fourth-order valence-corrected chi connectivity index (χ4v) is 0.779. The minimum atomic E-state index is -1.06. The van der Waals surface area contributed by atoms with Crippen LogP contribution in [0.25, 0.3) is 6.08 Å². The van der Waals surface area contributed by atoms with Crippen molar-refractivity contribution in [3.8, 4) is 5.75 Å². The molecule has 0 bridgehead atoms. The van der Waals surface area contributed by atoms with Gasteiger partial charge in [0.15, 0.2) is 0 Å². The summed E-state index contributed by atoms with van der Waals surface area (Å²) in [6.45, 7) is 0. The van der Waals surface area contributed by atoms with E-state index in [-0.39, 0.29) is 5.75 Å². The molecule has 0 aliphatic heterocycles. The number of hydrogen-bond donors (Lipinski definition) is 1. The Balaban J connectivity index is 2.89. The van der Waals surface area contributed by atoms with Crippen LogP contribution in [0.5, 0.6) is 5.75 Å². The van der Waals surface area contributed by atoms with E-state index in [2.05, 4.69) is 0 Å². The summed E-state index contributed by atoms with van der Waals surface area (Å²) in [6, 6.07) is 6.26. The standard InChI is InChI=1S/C9H8O3/c10-8-4-2-1-3-7(8)5-6-9(11)12/h1-6,10H,(H,11,12)/p-1. The number of aliphatic carboxylic acids is 1. The zero-order valence-electron chi connectivity index (χ0n) is 6.23. The van der Waals surface area contributed by atoms with Crippen molar-refractivity contribution >= 4 is 12.0 Å². The summed E-state index contributed by atoms with van der Waals surface area (Å²) in [6.07, 6.45) is 2.22. The van der Waals surface area contributed by atoms with Crippen molar-refractivity contribution in [3.63, 3.8) is 0 Å². The fraction of sp³-hybridized carbons (Fsp3) is 0. The highest BCUT2D eigenvalue weighted by Crippen LogP contribution is 2.13. The lowest BCUT2D eigenvalue weighted by molar-refractivity contribution is -0.268. The average molecular weight is 163 g/mol. The molecule has 3 heteroatoms. The van der Waals surface area contributed by atoms with E-state index in [0.717, 1.165) is 6.08 Å². The molecule has 12 heavy (non-hydrogen) atoms. The van der Waals surface area contributed by atoms with Crippen molar-refractivity contribution in [2.45, 2.75) is 0 Å². The molecule has 0 atom stereocenters. The van der Waals surface area contributed by atoms with Gasteiger partial charge >= 0.3 is 5.97 Å². The maximum Gasteiger partial charge on any atom is 0.328 e. The molecule has 0 saturated carbocycles. The van der Waals surface area contributed by atoms with E-state index in [1.165, 1.54) is 12.1 Å². The highest BCUT2D eigenvalue weighted by atomic mass is 16.4. The summed E-state index contributed by atoms with van der Waals surface area (Å²) < 4.78 is 0. The third-order valence-electron chi connectivity index (χ3n) is 1.32. The zero-order chi connectivity index (χ0) is 8.97. The lowest BCUT2D eigenvalue weighted by Crippen LogP contribution is -1.92. The van der Waals surface area contributed by atoms with E-state index >= 15 is 0 Å². The first-order valence-electron chi connectivity index (χ1n) is 3.37. The highest BCUT2D eigenvalue weighted by molar-refractivity contribution is 5.85. The minimum absolute atomic E-state index is 0.171. The van der Waals surface area contributed by atoms with Crippen molar-refractivity contribution in [2.24, 2.45) is 0 Å². The molecule has 0 unspecified atom stereocenters. The maximum atomic E-state index is 11.0. The van der Waals surface area contributed by atoms with Crippen LogP contribution in [0.3, 0.4) is 0 Å². The Bertz CT molecular complexity index is 315. The van der Waals surface area contributed by atoms with E-state index in [1.54, 1.807) is 18.2 Å². The van der Waals surface area contributed by atoms with Gasteiger partial charge in [-0.3, -0.25) is 0 Å². The molecule has 1 N–H and O–H groups in total. The molecule has 0 heterocycles. The topological polar surface area (TPSA) is 60.4 Å². The molecular weight excluding hydrogens is 156 g/mol. The number of carbonyl (C=O) groups is 1. The Labute approximate surface area is 69.6 Å². The molecule has 0 aliphatic carbocycles. The normalized spacial score (nSPS) is 10.3. The van der Waals surface area contributed by atoms with E-state index in [4.69, 9.17) is 5.11 Å². The predicted molar refractivity (Wildman–Crippen MR) is 42.6 cm³/mol. The van der Waals surface area contributed by atoms with E-state index in [9.17, 15) is 9.90 Å². The van der Waals surface area contributed by atoms with Crippen molar-refractivity contribution in [3.05, 3.63) is 35.9 Å². The number of carboxylic acids is 1. The van der Waals surface area contributed by atoms with Gasteiger partial charge in [0.1, 0.15) is 0 Å². The molecule has 0 spiro atoms. The van der Waals surface area contributed by atoms with Gasteiger partial charge in [-0.15, -0.1) is 5.75 Å². The quantitative estimate of drug-likeness (QED) is 0.657. The van der Waals surface area contributed by atoms with Gasteiger partial charge in [-0.05, 0) is 11.6 Å². The molecule has 1 rings (SSSR count). The van der Waals surface area contributed by atoms with Crippen LogP contribution in [0.15, 0.2) is 30.3 Å². The van der Waals surface area contributed by atoms with Gasteiger partial charge < -0.3 is 10.2 Å². The first kappa shape index (κ1) is 8.33. The number of rotatable bonds is 2. The Morgan fingerprint density at radius 3 is 2.67 bits per heavy atom. The van der Waals surface area contributed by atoms with Crippen LogP contribution < -0.4 is 5.11 Å². The highest BCUT2D eigenvalue weighted by Gasteiger charge is 1.88. The summed E-state index contributed by atoms with van der Waals surface area (Å²) in [5.41, 5.74) is 0.389. The number of para-hydroxylation sites is 1. The van der Waals surface area contributed by atoms with Gasteiger partial charge in [-0.1, -0.05) is 24.3 Å². The molecule has 0 amide bonds. The van der Waals surface area contributed by atoms with Crippen molar-refractivity contribution in [1.82, 2.24) is 0 Å².